The molecule has 0 aromatic rings. The molecule has 15 nitrogen and oxygen atoms in total. The van der Waals surface area contributed by atoms with E-state index in [1.54, 1.807) is 48.5 Å². The summed E-state index contributed by atoms with van der Waals surface area (Å²) in [4.78, 5) is 70.5. The zero-order chi connectivity index (χ0) is 44.2. The molecule has 1 saturated heterocycles. The lowest BCUT2D eigenvalue weighted by Crippen LogP contribution is -2.82. The standard InChI is InChI=1S/C45H69NO14/c1-24-28(57-39(51)33(48)32(26-17-13-11-14-18-26)46-40(52)60-41(3,4)5)22-45(53)37(58-38(50)27-19-15-12-16-20-27)35-43(8,36(49)34(55-10)31(24)42(45,6)7)29(54-9)21-30-44(35,23-56-30)59-25(2)47/h26-30,32-35,37,48,53H,11-23H2,1-10H3,(H,46,52)/t28-,29-,30+,32?,33+,34+,35?,37?,43+,44-,45+/m0/s1. The van der Waals surface area contributed by atoms with Crippen molar-refractivity contribution in [3.8, 4) is 0 Å². The maximum Gasteiger partial charge on any atom is 0.407 e. The Morgan fingerprint density at radius 1 is 0.917 bits per heavy atom. The second-order valence-electron chi connectivity index (χ2n) is 20.0. The Kier molecular flexibility index (Phi) is 13.3. The van der Waals surface area contributed by atoms with E-state index in [9.17, 15) is 29.4 Å². The summed E-state index contributed by atoms with van der Waals surface area (Å²) in [5.41, 5.74) is -6.71. The predicted octanol–water partition coefficient (Wildman–Crippen LogP) is 5.04. The van der Waals surface area contributed by atoms with Gasteiger partial charge in [0, 0.05) is 39.4 Å². The molecule has 0 radical (unpaired) electrons. The Labute approximate surface area is 354 Å². The number of esters is 3. The van der Waals surface area contributed by atoms with Crippen molar-refractivity contribution in [3.05, 3.63) is 11.1 Å². The number of Topliss-reactive ketones (excluding diaryl/α,β-unsaturated/α-hetero) is 1. The van der Waals surface area contributed by atoms with Crippen molar-refractivity contribution in [1.29, 1.82) is 0 Å². The number of fused-ring (bicyclic) bond motifs is 5. The molecular formula is C45H69NO14. The fourth-order valence-electron chi connectivity index (χ4n) is 11.8. The van der Waals surface area contributed by atoms with Gasteiger partial charge >= 0.3 is 24.0 Å². The first-order valence-corrected chi connectivity index (χ1v) is 22.0. The number of amides is 1. The number of carbonyl (C=O) groups is 5. The molecular weight excluding hydrogens is 778 g/mol. The third-order valence-electron chi connectivity index (χ3n) is 15.0. The number of nitrogens with one attached hydrogen (secondary N) is 1. The first-order chi connectivity index (χ1) is 28.1. The highest BCUT2D eigenvalue weighted by Crippen LogP contribution is 2.65. The summed E-state index contributed by atoms with van der Waals surface area (Å²) < 4.78 is 42.9. The molecule has 0 spiro atoms. The molecule has 3 N–H and O–H groups in total. The number of aliphatic hydroxyl groups is 2. The summed E-state index contributed by atoms with van der Waals surface area (Å²) in [6, 6.07) is -1.04. The second kappa shape index (κ2) is 17.2. The largest absolute Gasteiger partial charge is 0.459 e. The van der Waals surface area contributed by atoms with Gasteiger partial charge in [0.05, 0.1) is 36.0 Å². The monoisotopic (exact) mass is 847 g/mol. The van der Waals surface area contributed by atoms with E-state index in [0.29, 0.717) is 36.8 Å². The van der Waals surface area contributed by atoms with Gasteiger partial charge in [-0.25, -0.2) is 9.59 Å². The van der Waals surface area contributed by atoms with Gasteiger partial charge in [-0.05, 0) is 77.4 Å². The Morgan fingerprint density at radius 2 is 1.53 bits per heavy atom. The number of methoxy groups -OCH3 is 2. The summed E-state index contributed by atoms with van der Waals surface area (Å²) in [6.45, 7) is 13.2. The molecule has 15 heteroatoms. The number of ether oxygens (including phenoxy) is 7. The van der Waals surface area contributed by atoms with Gasteiger partial charge in [0.15, 0.2) is 17.5 Å². The number of alkyl carbamates (subject to hydrolysis) is 1. The van der Waals surface area contributed by atoms with Crippen molar-refractivity contribution in [2.24, 2.45) is 28.6 Å². The molecule has 11 atom stereocenters. The van der Waals surface area contributed by atoms with Crippen LogP contribution in [0.3, 0.4) is 0 Å². The van der Waals surface area contributed by atoms with Gasteiger partial charge in [-0.3, -0.25) is 14.4 Å². The molecule has 3 unspecified atom stereocenters. The average molecular weight is 848 g/mol. The van der Waals surface area contributed by atoms with Crippen molar-refractivity contribution >= 4 is 29.8 Å². The van der Waals surface area contributed by atoms with Crippen LogP contribution in [0.25, 0.3) is 0 Å². The van der Waals surface area contributed by atoms with E-state index in [2.05, 4.69) is 5.32 Å². The Bertz CT molecular complexity index is 1690. The van der Waals surface area contributed by atoms with E-state index in [1.165, 1.54) is 21.1 Å². The lowest BCUT2D eigenvalue weighted by Gasteiger charge is -2.68. The van der Waals surface area contributed by atoms with Crippen LogP contribution < -0.4 is 5.32 Å². The van der Waals surface area contributed by atoms with Gasteiger partial charge < -0.3 is 48.7 Å². The van der Waals surface area contributed by atoms with Gasteiger partial charge in [-0.1, -0.05) is 52.4 Å². The molecule has 338 valence electrons. The van der Waals surface area contributed by atoms with Crippen LogP contribution in [-0.2, 0) is 52.3 Å². The third kappa shape index (κ3) is 8.03. The molecule has 0 aromatic heterocycles. The minimum Gasteiger partial charge on any atom is -0.459 e. The second-order valence-corrected chi connectivity index (χ2v) is 20.0. The number of ketones is 1. The highest BCUT2D eigenvalue weighted by atomic mass is 16.6. The minimum atomic E-state index is -2.12. The molecule has 1 amide bonds. The summed E-state index contributed by atoms with van der Waals surface area (Å²) in [5, 5.41) is 28.3. The van der Waals surface area contributed by atoms with E-state index < -0.39 is 112 Å². The van der Waals surface area contributed by atoms with E-state index >= 15 is 4.79 Å². The summed E-state index contributed by atoms with van der Waals surface area (Å²) in [6.07, 6.45) is -0.688. The van der Waals surface area contributed by atoms with E-state index in [-0.39, 0.29) is 25.4 Å². The van der Waals surface area contributed by atoms with Crippen molar-refractivity contribution in [2.75, 3.05) is 20.8 Å². The molecule has 5 aliphatic carbocycles. The molecule has 1 aliphatic heterocycles. The average Bonchev–Trinajstić information content (AvgIpc) is 3.18. The van der Waals surface area contributed by atoms with Gasteiger partial charge in [0.1, 0.15) is 35.6 Å². The number of carbonyl (C=O) groups excluding carboxylic acids is 5. The van der Waals surface area contributed by atoms with Gasteiger partial charge in [0.2, 0.25) is 0 Å². The van der Waals surface area contributed by atoms with E-state index in [1.807, 2.05) is 0 Å². The highest BCUT2D eigenvalue weighted by Gasteiger charge is 2.78. The first-order valence-electron chi connectivity index (χ1n) is 22.0. The van der Waals surface area contributed by atoms with Crippen LogP contribution in [0, 0.1) is 28.6 Å². The molecule has 6 rings (SSSR count). The van der Waals surface area contributed by atoms with Gasteiger partial charge in [0.25, 0.3) is 0 Å². The van der Waals surface area contributed by atoms with Crippen molar-refractivity contribution in [1.82, 2.24) is 5.32 Å². The first kappa shape index (κ1) is 46.4. The van der Waals surface area contributed by atoms with Crippen LogP contribution >= 0.6 is 0 Å². The van der Waals surface area contributed by atoms with Crippen molar-refractivity contribution in [2.45, 2.75) is 192 Å². The maximum absolute atomic E-state index is 15.6. The molecule has 0 aromatic carbocycles. The number of aliphatic hydroxyl groups excluding tert-OH is 1. The van der Waals surface area contributed by atoms with Crippen LogP contribution in [0.4, 0.5) is 4.79 Å². The van der Waals surface area contributed by atoms with Gasteiger partial charge in [-0.2, -0.15) is 0 Å². The number of hydrogen-bond acceptors (Lipinski definition) is 14. The maximum atomic E-state index is 15.6. The number of rotatable bonds is 10. The molecule has 6 aliphatic rings. The molecule has 4 saturated carbocycles. The smallest absolute Gasteiger partial charge is 0.407 e. The molecule has 2 bridgehead atoms. The quantitative estimate of drug-likeness (QED) is 0.150. The van der Waals surface area contributed by atoms with Gasteiger partial charge in [-0.15, -0.1) is 0 Å². The SMILES string of the molecule is CO[C@H]1C(=O)[C@@]2(C)C(C(OC(=O)C3CCCCC3)[C@]3(O)C[C@H](OC(=O)[C@H](O)C(NC(=O)OC(C)(C)C)C4CCCCC4)C(C)=C1C3(C)C)[C@]1(OC(C)=O)CO[C@@H]1C[C@@H]2OC. The minimum absolute atomic E-state index is 0.133. The summed E-state index contributed by atoms with van der Waals surface area (Å²) in [5.74, 6) is -4.62. The Morgan fingerprint density at radius 3 is 2.07 bits per heavy atom. The lowest BCUT2D eigenvalue weighted by atomic mass is 9.44. The van der Waals surface area contributed by atoms with Crippen LogP contribution in [0.15, 0.2) is 11.1 Å². The molecule has 1 heterocycles. The topological polar surface area (TPSA) is 202 Å². The fourth-order valence-corrected chi connectivity index (χ4v) is 11.8. The Balaban J connectivity index is 1.49. The van der Waals surface area contributed by atoms with E-state index in [4.69, 9.17) is 33.2 Å². The van der Waals surface area contributed by atoms with Crippen LogP contribution in [0.2, 0.25) is 0 Å². The zero-order valence-electron chi connectivity index (χ0n) is 37.3. The van der Waals surface area contributed by atoms with Crippen molar-refractivity contribution < 1.29 is 67.3 Å². The van der Waals surface area contributed by atoms with Crippen LogP contribution in [0.5, 0.6) is 0 Å². The normalized spacial score (nSPS) is 36.8. The lowest BCUT2D eigenvalue weighted by molar-refractivity contribution is -0.349. The molecule has 60 heavy (non-hydrogen) atoms. The summed E-state index contributed by atoms with van der Waals surface area (Å²) in [7, 11) is 2.86. The fraction of sp³-hybridized carbons (Fsp3) is 0.844. The van der Waals surface area contributed by atoms with Crippen molar-refractivity contribution in [3.63, 3.8) is 0 Å². The van der Waals surface area contributed by atoms with E-state index in [0.717, 1.165) is 38.5 Å². The summed E-state index contributed by atoms with van der Waals surface area (Å²) >= 11 is 0. The van der Waals surface area contributed by atoms with Crippen LogP contribution in [-0.4, -0.2) is 120 Å². The third-order valence-corrected chi connectivity index (χ3v) is 15.0. The molecule has 5 fully saturated rings. The zero-order valence-corrected chi connectivity index (χ0v) is 37.3. The van der Waals surface area contributed by atoms with Crippen LogP contribution in [0.1, 0.15) is 132 Å². The highest BCUT2D eigenvalue weighted by molar-refractivity contribution is 5.94. The predicted molar refractivity (Wildman–Crippen MR) is 215 cm³/mol. The Hall–Kier alpha value is -3.11. The number of hydrogen-bond donors (Lipinski definition) is 3.